The van der Waals surface area contributed by atoms with Gasteiger partial charge in [0.1, 0.15) is 5.75 Å². The summed E-state index contributed by atoms with van der Waals surface area (Å²) in [5.41, 5.74) is 1.45. The molecule has 0 N–H and O–H groups in total. The van der Waals surface area contributed by atoms with Gasteiger partial charge in [-0.25, -0.2) is 0 Å². The largest absolute Gasteiger partial charge is 0.497 e. The van der Waals surface area contributed by atoms with Crippen molar-refractivity contribution in [2.75, 3.05) is 13.7 Å². The van der Waals surface area contributed by atoms with E-state index < -0.39 is 0 Å². The SMILES string of the molecule is COc1ccc(COCC[C@H](C)B2O[C@@H]3C[C@@H]4C[C@@H](C4(C)C)[C@]3(C)O2)cc1. The van der Waals surface area contributed by atoms with Crippen LogP contribution in [0.1, 0.15) is 52.5 Å². The van der Waals surface area contributed by atoms with E-state index in [9.17, 15) is 0 Å². The van der Waals surface area contributed by atoms with E-state index in [-0.39, 0.29) is 18.8 Å². The molecule has 0 amide bonds. The van der Waals surface area contributed by atoms with Crippen molar-refractivity contribution >= 4 is 7.12 Å². The normalized spacial score (nSPS) is 34.7. The monoisotopic (exact) mass is 372 g/mol. The highest BCUT2D eigenvalue weighted by Gasteiger charge is 2.68. The summed E-state index contributed by atoms with van der Waals surface area (Å²) in [4.78, 5) is 0. The highest BCUT2D eigenvalue weighted by atomic mass is 16.7. The van der Waals surface area contributed by atoms with Crippen LogP contribution in [0, 0.1) is 17.3 Å². The molecule has 1 saturated heterocycles. The van der Waals surface area contributed by atoms with Crippen LogP contribution in [0.3, 0.4) is 0 Å². The first kappa shape index (κ1) is 19.3. The second kappa shape index (κ2) is 7.09. The van der Waals surface area contributed by atoms with E-state index in [1.54, 1.807) is 7.11 Å². The first-order chi connectivity index (χ1) is 12.8. The van der Waals surface area contributed by atoms with Crippen LogP contribution in [-0.4, -0.2) is 32.5 Å². The quantitative estimate of drug-likeness (QED) is 0.513. The summed E-state index contributed by atoms with van der Waals surface area (Å²) in [6, 6.07) is 8.03. The van der Waals surface area contributed by atoms with Gasteiger partial charge >= 0.3 is 7.12 Å². The third-order valence-corrected chi connectivity index (χ3v) is 7.58. The second-order valence-corrected chi connectivity index (χ2v) is 9.50. The van der Waals surface area contributed by atoms with Crippen molar-refractivity contribution < 1.29 is 18.8 Å². The van der Waals surface area contributed by atoms with Gasteiger partial charge < -0.3 is 18.8 Å². The summed E-state index contributed by atoms with van der Waals surface area (Å²) < 4.78 is 24.0. The molecule has 1 aromatic rings. The van der Waals surface area contributed by atoms with Gasteiger partial charge in [-0.15, -0.1) is 0 Å². The second-order valence-electron chi connectivity index (χ2n) is 9.50. The average molecular weight is 372 g/mol. The lowest BCUT2D eigenvalue weighted by Gasteiger charge is -2.64. The molecule has 4 aliphatic rings. The van der Waals surface area contributed by atoms with Crippen LogP contribution in [0.25, 0.3) is 0 Å². The molecule has 4 fully saturated rings. The van der Waals surface area contributed by atoms with Gasteiger partial charge in [-0.2, -0.15) is 0 Å². The van der Waals surface area contributed by atoms with Gasteiger partial charge in [0.15, 0.2) is 0 Å². The number of hydrogen-bond acceptors (Lipinski definition) is 4. The summed E-state index contributed by atoms with van der Waals surface area (Å²) in [6.45, 7) is 10.7. The maximum atomic E-state index is 6.55. The molecular weight excluding hydrogens is 339 g/mol. The Morgan fingerprint density at radius 3 is 2.59 bits per heavy atom. The van der Waals surface area contributed by atoms with Gasteiger partial charge in [-0.05, 0) is 67.0 Å². The van der Waals surface area contributed by atoms with Gasteiger partial charge in [0, 0.05) is 6.61 Å². The highest BCUT2D eigenvalue weighted by Crippen LogP contribution is 2.66. The zero-order valence-corrected chi connectivity index (χ0v) is 17.4. The van der Waals surface area contributed by atoms with Crippen LogP contribution in [-0.2, 0) is 20.7 Å². The van der Waals surface area contributed by atoms with Crippen molar-refractivity contribution in [3.8, 4) is 5.75 Å². The zero-order valence-electron chi connectivity index (χ0n) is 17.4. The smallest absolute Gasteiger partial charge is 0.460 e. The van der Waals surface area contributed by atoms with Gasteiger partial charge in [0.25, 0.3) is 0 Å². The maximum Gasteiger partial charge on any atom is 0.460 e. The third-order valence-electron chi connectivity index (χ3n) is 7.58. The molecule has 2 bridgehead atoms. The topological polar surface area (TPSA) is 36.9 Å². The highest BCUT2D eigenvalue weighted by molar-refractivity contribution is 6.47. The average Bonchev–Trinajstić information content (AvgIpc) is 3.02. The molecule has 3 saturated carbocycles. The van der Waals surface area contributed by atoms with Crippen molar-refractivity contribution in [3.63, 3.8) is 0 Å². The Hall–Kier alpha value is -1.04. The molecule has 3 aliphatic carbocycles. The van der Waals surface area contributed by atoms with E-state index in [0.717, 1.165) is 36.7 Å². The lowest BCUT2D eigenvalue weighted by molar-refractivity contribution is -0.199. The van der Waals surface area contributed by atoms with E-state index in [1.807, 2.05) is 24.3 Å². The number of hydrogen-bond donors (Lipinski definition) is 0. The van der Waals surface area contributed by atoms with Gasteiger partial charge in [0.2, 0.25) is 0 Å². The fourth-order valence-corrected chi connectivity index (χ4v) is 5.46. The summed E-state index contributed by atoms with van der Waals surface area (Å²) in [7, 11) is 1.58. The van der Waals surface area contributed by atoms with Crippen molar-refractivity contribution in [1.82, 2.24) is 0 Å². The van der Waals surface area contributed by atoms with Crippen LogP contribution in [0.4, 0.5) is 0 Å². The van der Waals surface area contributed by atoms with Gasteiger partial charge in [-0.1, -0.05) is 32.9 Å². The van der Waals surface area contributed by atoms with E-state index >= 15 is 0 Å². The molecule has 1 aromatic carbocycles. The predicted octanol–water partition coefficient (Wildman–Crippen LogP) is 4.72. The lowest BCUT2D eigenvalue weighted by Crippen LogP contribution is -2.65. The minimum absolute atomic E-state index is 0.0975. The number of methoxy groups -OCH3 is 1. The van der Waals surface area contributed by atoms with Gasteiger partial charge in [0.05, 0.1) is 25.4 Å². The van der Waals surface area contributed by atoms with Crippen LogP contribution in [0.15, 0.2) is 24.3 Å². The van der Waals surface area contributed by atoms with Crippen LogP contribution >= 0.6 is 0 Å². The predicted molar refractivity (Wildman–Crippen MR) is 107 cm³/mol. The van der Waals surface area contributed by atoms with Crippen molar-refractivity contribution in [1.29, 1.82) is 0 Å². The summed E-state index contributed by atoms with van der Waals surface area (Å²) >= 11 is 0. The minimum atomic E-state index is -0.110. The fourth-order valence-electron chi connectivity index (χ4n) is 5.46. The van der Waals surface area contributed by atoms with Crippen LogP contribution in [0.2, 0.25) is 5.82 Å². The van der Waals surface area contributed by atoms with Crippen LogP contribution in [0.5, 0.6) is 5.75 Å². The molecule has 27 heavy (non-hydrogen) atoms. The fraction of sp³-hybridized carbons (Fsp3) is 0.727. The first-order valence-electron chi connectivity index (χ1n) is 10.4. The Morgan fingerprint density at radius 1 is 1.19 bits per heavy atom. The third kappa shape index (κ3) is 3.32. The zero-order chi connectivity index (χ0) is 19.2. The standard InChI is InChI=1S/C22H33BO4/c1-15(10-11-25-14-16-6-8-18(24-5)9-7-16)23-26-20-13-17-12-19(21(17,2)3)22(20,4)27-23/h6-9,15,17,19-20H,10-14H2,1-5H3/t15-,17-,19-,20+,22-/m0/s1. The maximum absolute atomic E-state index is 6.55. The van der Waals surface area contributed by atoms with Crippen molar-refractivity contribution in [3.05, 3.63) is 29.8 Å². The first-order valence-corrected chi connectivity index (χ1v) is 10.4. The Balaban J connectivity index is 1.24. The van der Waals surface area contributed by atoms with E-state index in [2.05, 4.69) is 27.7 Å². The number of benzene rings is 1. The molecule has 1 heterocycles. The minimum Gasteiger partial charge on any atom is -0.497 e. The molecule has 5 heteroatoms. The molecule has 4 nitrogen and oxygen atoms in total. The molecule has 0 spiro atoms. The summed E-state index contributed by atoms with van der Waals surface area (Å²) in [5, 5.41) is 0. The van der Waals surface area contributed by atoms with E-state index in [4.69, 9.17) is 18.8 Å². The molecule has 0 unspecified atom stereocenters. The van der Waals surface area contributed by atoms with E-state index in [0.29, 0.717) is 23.8 Å². The molecule has 0 radical (unpaired) electrons. The van der Waals surface area contributed by atoms with Gasteiger partial charge in [-0.3, -0.25) is 0 Å². The molecule has 5 atom stereocenters. The molecular formula is C22H33BO4. The Kier molecular flexibility index (Phi) is 5.07. The summed E-state index contributed by atoms with van der Waals surface area (Å²) in [5.74, 6) is 2.63. The Labute approximate surface area is 164 Å². The van der Waals surface area contributed by atoms with Crippen molar-refractivity contribution in [2.45, 2.75) is 71.1 Å². The molecule has 5 rings (SSSR count). The summed E-state index contributed by atoms with van der Waals surface area (Å²) in [6.07, 6.45) is 3.66. The molecule has 0 aromatic heterocycles. The molecule has 1 aliphatic heterocycles. The van der Waals surface area contributed by atoms with Crippen molar-refractivity contribution in [2.24, 2.45) is 17.3 Å². The lowest BCUT2D eigenvalue weighted by atomic mass is 9.43. The number of rotatable bonds is 7. The Morgan fingerprint density at radius 2 is 1.93 bits per heavy atom. The van der Waals surface area contributed by atoms with Crippen LogP contribution < -0.4 is 4.74 Å². The molecule has 148 valence electrons. The van der Waals surface area contributed by atoms with E-state index in [1.165, 1.54) is 6.42 Å². The Bertz CT molecular complexity index is 661. The number of ether oxygens (including phenoxy) is 2.